The summed E-state index contributed by atoms with van der Waals surface area (Å²) in [5.74, 6) is 2.77. The quantitative estimate of drug-likeness (QED) is 0.440. The lowest BCUT2D eigenvalue weighted by atomic mass is 10.2. The van der Waals surface area contributed by atoms with Crippen LogP contribution in [-0.2, 0) is 15.7 Å². The van der Waals surface area contributed by atoms with E-state index in [4.69, 9.17) is 0 Å². The van der Waals surface area contributed by atoms with Gasteiger partial charge in [0.05, 0.1) is 19.1 Å². The fraction of sp³-hybridized carbons (Fsp3) is 0.833. The zero-order valence-electron chi connectivity index (χ0n) is 5.14. The maximum Gasteiger partial charge on any atom is 0.142 e. The number of ketones is 1. The fourth-order valence-electron chi connectivity index (χ4n) is 0.803. The van der Waals surface area contributed by atoms with Crippen molar-refractivity contribution in [3.05, 3.63) is 0 Å². The molecule has 1 heterocycles. The molecule has 8 heavy (non-hydrogen) atoms. The Kier molecular flexibility index (Phi) is 1.95. The third-order valence-electron chi connectivity index (χ3n) is 1.46. The van der Waals surface area contributed by atoms with E-state index in [2.05, 4.69) is 6.26 Å². The van der Waals surface area contributed by atoms with E-state index in [1.54, 1.807) is 0 Å². The SMILES string of the molecule is C[S+]1CCC(=O)CC1. The lowest BCUT2D eigenvalue weighted by molar-refractivity contribution is -0.118. The lowest BCUT2D eigenvalue weighted by Crippen LogP contribution is -2.21. The average molecular weight is 131 g/mol. The Bertz CT molecular complexity index is 90.7. The molecule has 0 aliphatic carbocycles. The first-order valence-electron chi connectivity index (χ1n) is 2.90. The molecule has 0 bridgehead atoms. The van der Waals surface area contributed by atoms with E-state index in [0.29, 0.717) is 16.7 Å². The van der Waals surface area contributed by atoms with Crippen LogP contribution in [-0.4, -0.2) is 23.5 Å². The van der Waals surface area contributed by atoms with Gasteiger partial charge in [0.25, 0.3) is 0 Å². The Balaban J connectivity index is 2.29. The number of rotatable bonds is 0. The Labute approximate surface area is 52.8 Å². The minimum Gasteiger partial charge on any atom is -0.299 e. The summed E-state index contributed by atoms with van der Waals surface area (Å²) in [6, 6.07) is 0. The van der Waals surface area contributed by atoms with Crippen molar-refractivity contribution >= 4 is 16.7 Å². The van der Waals surface area contributed by atoms with Gasteiger partial charge in [-0.05, 0) is 10.9 Å². The van der Waals surface area contributed by atoms with E-state index < -0.39 is 0 Å². The van der Waals surface area contributed by atoms with Gasteiger partial charge >= 0.3 is 0 Å². The highest BCUT2D eigenvalue weighted by molar-refractivity contribution is 7.96. The molecule has 1 rings (SSSR count). The molecule has 0 N–H and O–H groups in total. The number of hydrogen-bond donors (Lipinski definition) is 0. The van der Waals surface area contributed by atoms with Gasteiger partial charge in [-0.2, -0.15) is 0 Å². The van der Waals surface area contributed by atoms with Crippen LogP contribution in [0.2, 0.25) is 0 Å². The number of carbonyl (C=O) groups excluding carboxylic acids is 1. The van der Waals surface area contributed by atoms with Crippen molar-refractivity contribution < 1.29 is 4.79 Å². The second kappa shape index (κ2) is 2.53. The van der Waals surface area contributed by atoms with E-state index in [-0.39, 0.29) is 0 Å². The molecule has 0 aromatic rings. The zero-order valence-corrected chi connectivity index (χ0v) is 5.96. The molecule has 1 aliphatic rings. The number of hydrogen-bond acceptors (Lipinski definition) is 1. The van der Waals surface area contributed by atoms with E-state index in [1.807, 2.05) is 0 Å². The molecule has 0 atom stereocenters. The third-order valence-corrected chi connectivity index (χ3v) is 3.26. The summed E-state index contributed by atoms with van der Waals surface area (Å²) >= 11 is 0. The second-order valence-corrected chi connectivity index (χ2v) is 4.61. The van der Waals surface area contributed by atoms with E-state index in [1.165, 1.54) is 0 Å². The van der Waals surface area contributed by atoms with Crippen molar-refractivity contribution in [1.82, 2.24) is 0 Å². The molecular weight excluding hydrogens is 120 g/mol. The van der Waals surface area contributed by atoms with Gasteiger partial charge in [-0.25, -0.2) is 0 Å². The third kappa shape index (κ3) is 1.51. The van der Waals surface area contributed by atoms with Crippen molar-refractivity contribution in [2.24, 2.45) is 0 Å². The van der Waals surface area contributed by atoms with Crippen molar-refractivity contribution in [1.29, 1.82) is 0 Å². The van der Waals surface area contributed by atoms with Crippen LogP contribution in [0.15, 0.2) is 0 Å². The van der Waals surface area contributed by atoms with E-state index in [0.717, 1.165) is 24.3 Å². The van der Waals surface area contributed by atoms with Crippen molar-refractivity contribution in [3.63, 3.8) is 0 Å². The summed E-state index contributed by atoms with van der Waals surface area (Å²) in [5.41, 5.74) is 0. The van der Waals surface area contributed by atoms with Crippen LogP contribution in [0.4, 0.5) is 0 Å². The molecule has 0 unspecified atom stereocenters. The predicted octanol–water partition coefficient (Wildman–Crippen LogP) is 0.597. The molecule has 46 valence electrons. The topological polar surface area (TPSA) is 17.1 Å². The summed E-state index contributed by atoms with van der Waals surface area (Å²) in [7, 11) is 0.568. The summed E-state index contributed by atoms with van der Waals surface area (Å²) in [5, 5.41) is 0. The molecule has 0 spiro atoms. The van der Waals surface area contributed by atoms with Gasteiger partial charge in [0, 0.05) is 0 Å². The number of carbonyl (C=O) groups is 1. The van der Waals surface area contributed by atoms with Crippen molar-refractivity contribution in [3.8, 4) is 0 Å². The first kappa shape index (κ1) is 6.14. The fourth-order valence-corrected chi connectivity index (χ4v) is 2.16. The highest BCUT2D eigenvalue weighted by Crippen LogP contribution is 2.06. The molecule has 0 amide bonds. The average Bonchev–Trinajstić information content (AvgIpc) is 1.77. The summed E-state index contributed by atoms with van der Waals surface area (Å²) in [4.78, 5) is 10.6. The highest BCUT2D eigenvalue weighted by Gasteiger charge is 2.20. The van der Waals surface area contributed by atoms with Crippen LogP contribution >= 0.6 is 0 Å². The normalized spacial score (nSPS) is 23.9. The highest BCUT2D eigenvalue weighted by atomic mass is 32.2. The molecular formula is C6H11OS+. The zero-order chi connectivity index (χ0) is 5.98. The molecule has 2 heteroatoms. The number of Topliss-reactive ketones (excluding diaryl/α,β-unsaturated/α-hetero) is 1. The molecule has 0 radical (unpaired) electrons. The first-order valence-corrected chi connectivity index (χ1v) is 4.87. The summed E-state index contributed by atoms with van der Waals surface area (Å²) in [6.45, 7) is 0. The second-order valence-electron chi connectivity index (χ2n) is 2.23. The minimum atomic E-state index is 0.468. The molecule has 0 aromatic carbocycles. The lowest BCUT2D eigenvalue weighted by Gasteiger charge is -2.07. The van der Waals surface area contributed by atoms with Crippen LogP contribution in [0.3, 0.4) is 0 Å². The molecule has 0 saturated carbocycles. The smallest absolute Gasteiger partial charge is 0.142 e. The maximum absolute atomic E-state index is 10.6. The summed E-state index contributed by atoms with van der Waals surface area (Å²) in [6.07, 6.45) is 3.94. The van der Waals surface area contributed by atoms with Gasteiger partial charge in [0.1, 0.15) is 17.3 Å². The monoisotopic (exact) mass is 131 g/mol. The van der Waals surface area contributed by atoms with E-state index >= 15 is 0 Å². The predicted molar refractivity (Wildman–Crippen MR) is 37.3 cm³/mol. The van der Waals surface area contributed by atoms with Crippen molar-refractivity contribution in [2.75, 3.05) is 17.8 Å². The van der Waals surface area contributed by atoms with E-state index in [9.17, 15) is 4.79 Å². The minimum absolute atomic E-state index is 0.468. The Hall–Kier alpha value is 0.0200. The molecule has 1 aliphatic heterocycles. The van der Waals surface area contributed by atoms with Crippen LogP contribution in [0.25, 0.3) is 0 Å². The molecule has 0 aromatic heterocycles. The largest absolute Gasteiger partial charge is 0.299 e. The van der Waals surface area contributed by atoms with Gasteiger partial charge in [-0.3, -0.25) is 4.79 Å². The van der Waals surface area contributed by atoms with Crippen LogP contribution in [0.5, 0.6) is 0 Å². The molecule has 1 nitrogen and oxygen atoms in total. The van der Waals surface area contributed by atoms with Crippen LogP contribution in [0, 0.1) is 0 Å². The Morgan fingerprint density at radius 3 is 2.25 bits per heavy atom. The Morgan fingerprint density at radius 2 is 1.88 bits per heavy atom. The van der Waals surface area contributed by atoms with Crippen LogP contribution in [0.1, 0.15) is 12.8 Å². The van der Waals surface area contributed by atoms with Gasteiger partial charge in [-0.15, -0.1) is 0 Å². The van der Waals surface area contributed by atoms with Gasteiger partial charge in [0.2, 0.25) is 0 Å². The maximum atomic E-state index is 10.6. The van der Waals surface area contributed by atoms with Crippen molar-refractivity contribution in [2.45, 2.75) is 12.8 Å². The van der Waals surface area contributed by atoms with Gasteiger partial charge < -0.3 is 0 Å². The van der Waals surface area contributed by atoms with Gasteiger partial charge in [-0.1, -0.05) is 0 Å². The van der Waals surface area contributed by atoms with Crippen LogP contribution < -0.4 is 0 Å². The van der Waals surface area contributed by atoms with Gasteiger partial charge in [0.15, 0.2) is 0 Å². The summed E-state index contributed by atoms with van der Waals surface area (Å²) < 4.78 is 0. The Morgan fingerprint density at radius 1 is 1.38 bits per heavy atom. The molecule has 1 saturated heterocycles. The standard InChI is InChI=1S/C6H11OS/c1-8-4-2-6(7)3-5-8/h2-5H2,1H3/q+1. The first-order chi connectivity index (χ1) is 3.79. The molecule has 1 fully saturated rings.